The molecule has 0 unspecified atom stereocenters. The molecule has 0 bridgehead atoms. The monoisotopic (exact) mass is 496 g/mol. The molecule has 7 nitrogen and oxygen atoms in total. The van der Waals surface area contributed by atoms with Crippen LogP contribution in [0.2, 0.25) is 0 Å². The Balaban J connectivity index is 1.79. The summed E-state index contributed by atoms with van der Waals surface area (Å²) in [4.78, 5) is 17.1. The first kappa shape index (κ1) is 25.7. The highest BCUT2D eigenvalue weighted by Crippen LogP contribution is 2.30. The van der Waals surface area contributed by atoms with Crippen molar-refractivity contribution in [2.75, 3.05) is 19.4 Å². The number of sulfonamides is 1. The van der Waals surface area contributed by atoms with Gasteiger partial charge < -0.3 is 9.88 Å². The predicted molar refractivity (Wildman–Crippen MR) is 124 cm³/mol. The summed E-state index contributed by atoms with van der Waals surface area (Å²) in [6, 6.07) is 9.05. The van der Waals surface area contributed by atoms with Gasteiger partial charge in [-0.3, -0.25) is 4.79 Å². The van der Waals surface area contributed by atoms with Crippen molar-refractivity contribution < 1.29 is 26.4 Å². The SMILES string of the molecule is CCCCn1c(CCC(=O)Nc2ccc(C(F)(F)F)cc2)nc2cc(S(=O)(=O)N(C)C)ccc21. The maximum absolute atomic E-state index is 12.7. The Bertz CT molecular complexity index is 1270. The Morgan fingerprint density at radius 2 is 1.79 bits per heavy atom. The molecular formula is C23H27F3N4O3S. The van der Waals surface area contributed by atoms with E-state index in [1.54, 1.807) is 12.1 Å². The number of nitrogens with one attached hydrogen (secondary N) is 1. The van der Waals surface area contributed by atoms with Gasteiger partial charge in [-0.1, -0.05) is 13.3 Å². The first-order valence-corrected chi connectivity index (χ1v) is 12.3. The van der Waals surface area contributed by atoms with E-state index in [-0.39, 0.29) is 22.9 Å². The Labute approximate surface area is 196 Å². The summed E-state index contributed by atoms with van der Waals surface area (Å²) in [5.74, 6) is 0.287. The molecule has 0 aliphatic rings. The fourth-order valence-electron chi connectivity index (χ4n) is 3.48. The van der Waals surface area contributed by atoms with Crippen LogP contribution in [0.25, 0.3) is 11.0 Å². The van der Waals surface area contributed by atoms with Crippen LogP contribution in [0.3, 0.4) is 0 Å². The van der Waals surface area contributed by atoms with Crippen LogP contribution in [0.15, 0.2) is 47.4 Å². The summed E-state index contributed by atoms with van der Waals surface area (Å²) in [6.07, 6.45) is -2.25. The number of nitrogens with zero attached hydrogens (tertiary/aromatic N) is 3. The fraction of sp³-hybridized carbons (Fsp3) is 0.391. The van der Waals surface area contributed by atoms with Gasteiger partial charge in [0.25, 0.3) is 0 Å². The number of anilines is 1. The Kier molecular flexibility index (Phi) is 7.67. The average Bonchev–Trinajstić information content (AvgIpc) is 3.12. The number of aryl methyl sites for hydroxylation is 2. The molecule has 0 atom stereocenters. The van der Waals surface area contributed by atoms with E-state index >= 15 is 0 Å². The second kappa shape index (κ2) is 10.1. The molecule has 2 aromatic carbocycles. The first-order valence-electron chi connectivity index (χ1n) is 10.8. The van der Waals surface area contributed by atoms with Crippen molar-refractivity contribution in [3.8, 4) is 0 Å². The van der Waals surface area contributed by atoms with Gasteiger partial charge in [0.05, 0.1) is 21.5 Å². The van der Waals surface area contributed by atoms with E-state index in [0.717, 1.165) is 34.8 Å². The highest BCUT2D eigenvalue weighted by molar-refractivity contribution is 7.89. The van der Waals surface area contributed by atoms with Gasteiger partial charge in [0.15, 0.2) is 0 Å². The number of hydrogen-bond acceptors (Lipinski definition) is 4. The Hall–Kier alpha value is -2.92. The molecule has 34 heavy (non-hydrogen) atoms. The molecule has 1 heterocycles. The van der Waals surface area contributed by atoms with E-state index in [1.165, 1.54) is 32.3 Å². The normalized spacial score (nSPS) is 12.4. The molecular weight excluding hydrogens is 469 g/mol. The lowest BCUT2D eigenvalue weighted by molar-refractivity contribution is -0.137. The zero-order valence-electron chi connectivity index (χ0n) is 19.2. The number of alkyl halides is 3. The van der Waals surface area contributed by atoms with Gasteiger partial charge in [-0.05, 0) is 48.9 Å². The average molecular weight is 497 g/mol. The van der Waals surface area contributed by atoms with Gasteiger partial charge in [-0.15, -0.1) is 0 Å². The third-order valence-corrected chi connectivity index (χ3v) is 7.20. The number of hydrogen-bond donors (Lipinski definition) is 1. The predicted octanol–water partition coefficient (Wildman–Crippen LogP) is 4.68. The number of amides is 1. The quantitative estimate of drug-likeness (QED) is 0.466. The molecule has 0 saturated heterocycles. The summed E-state index contributed by atoms with van der Waals surface area (Å²) in [6.45, 7) is 2.72. The van der Waals surface area contributed by atoms with Gasteiger partial charge in [0.1, 0.15) is 5.82 Å². The third kappa shape index (κ3) is 5.76. The minimum absolute atomic E-state index is 0.0688. The van der Waals surface area contributed by atoms with Crippen molar-refractivity contribution in [2.24, 2.45) is 0 Å². The van der Waals surface area contributed by atoms with E-state index in [0.29, 0.717) is 24.3 Å². The first-order chi connectivity index (χ1) is 15.9. The van der Waals surface area contributed by atoms with Crippen molar-refractivity contribution in [1.29, 1.82) is 0 Å². The molecule has 3 rings (SSSR count). The lowest BCUT2D eigenvalue weighted by Crippen LogP contribution is -2.22. The number of fused-ring (bicyclic) bond motifs is 1. The third-order valence-electron chi connectivity index (χ3n) is 5.38. The van der Waals surface area contributed by atoms with Crippen molar-refractivity contribution in [3.05, 3.63) is 53.9 Å². The van der Waals surface area contributed by atoms with E-state index < -0.39 is 21.8 Å². The summed E-state index contributed by atoms with van der Waals surface area (Å²) in [7, 11) is -0.695. The molecule has 1 aromatic heterocycles. The molecule has 0 aliphatic heterocycles. The Morgan fingerprint density at radius 3 is 2.38 bits per heavy atom. The molecule has 0 fully saturated rings. The number of aromatic nitrogens is 2. The molecule has 0 spiro atoms. The molecule has 0 saturated carbocycles. The smallest absolute Gasteiger partial charge is 0.328 e. The number of unbranched alkanes of at least 4 members (excludes halogenated alkanes) is 1. The van der Waals surface area contributed by atoms with Crippen LogP contribution in [0, 0.1) is 0 Å². The summed E-state index contributed by atoms with van der Waals surface area (Å²) in [5, 5.41) is 2.60. The van der Waals surface area contributed by atoms with Crippen LogP contribution in [0.1, 0.15) is 37.6 Å². The Morgan fingerprint density at radius 1 is 1.12 bits per heavy atom. The minimum atomic E-state index is -4.44. The molecule has 0 aliphatic carbocycles. The molecule has 1 N–H and O–H groups in total. The number of halogens is 3. The van der Waals surface area contributed by atoms with Crippen LogP contribution in [-0.2, 0) is 34.0 Å². The maximum Gasteiger partial charge on any atom is 0.416 e. The maximum atomic E-state index is 12.7. The lowest BCUT2D eigenvalue weighted by atomic mass is 10.2. The topological polar surface area (TPSA) is 84.3 Å². The number of imidazole rings is 1. The van der Waals surface area contributed by atoms with Crippen molar-refractivity contribution in [1.82, 2.24) is 13.9 Å². The number of benzene rings is 2. The summed E-state index contributed by atoms with van der Waals surface area (Å²) in [5.41, 5.74) is 0.795. The molecule has 0 radical (unpaired) electrons. The zero-order chi connectivity index (χ0) is 25.1. The van der Waals surface area contributed by atoms with E-state index in [4.69, 9.17) is 0 Å². The van der Waals surface area contributed by atoms with Gasteiger partial charge >= 0.3 is 6.18 Å². The fourth-order valence-corrected chi connectivity index (χ4v) is 4.40. The number of rotatable bonds is 9. The van der Waals surface area contributed by atoms with Crippen molar-refractivity contribution in [2.45, 2.75) is 50.2 Å². The van der Waals surface area contributed by atoms with E-state index in [1.807, 2.05) is 4.57 Å². The second-order valence-electron chi connectivity index (χ2n) is 8.09. The molecule has 3 aromatic rings. The highest BCUT2D eigenvalue weighted by atomic mass is 32.2. The highest BCUT2D eigenvalue weighted by Gasteiger charge is 2.30. The minimum Gasteiger partial charge on any atom is -0.328 e. The van der Waals surface area contributed by atoms with E-state index in [9.17, 15) is 26.4 Å². The molecule has 184 valence electrons. The van der Waals surface area contributed by atoms with Gasteiger partial charge in [-0.2, -0.15) is 13.2 Å². The van der Waals surface area contributed by atoms with Crippen molar-refractivity contribution in [3.63, 3.8) is 0 Å². The summed E-state index contributed by atoms with van der Waals surface area (Å²) >= 11 is 0. The second-order valence-corrected chi connectivity index (χ2v) is 10.2. The zero-order valence-corrected chi connectivity index (χ0v) is 20.0. The van der Waals surface area contributed by atoms with Crippen LogP contribution in [-0.4, -0.2) is 42.3 Å². The molecule has 11 heteroatoms. The van der Waals surface area contributed by atoms with Crippen LogP contribution < -0.4 is 5.32 Å². The van der Waals surface area contributed by atoms with Crippen LogP contribution in [0.4, 0.5) is 18.9 Å². The van der Waals surface area contributed by atoms with Gasteiger partial charge in [0.2, 0.25) is 15.9 Å². The largest absolute Gasteiger partial charge is 0.416 e. The molecule has 1 amide bonds. The lowest BCUT2D eigenvalue weighted by Gasteiger charge is -2.12. The van der Waals surface area contributed by atoms with Crippen LogP contribution in [0.5, 0.6) is 0 Å². The number of carbonyl (C=O) groups excluding carboxylic acids is 1. The number of carbonyl (C=O) groups is 1. The van der Waals surface area contributed by atoms with E-state index in [2.05, 4.69) is 17.2 Å². The van der Waals surface area contributed by atoms with Crippen LogP contribution >= 0.6 is 0 Å². The van der Waals surface area contributed by atoms with Gasteiger partial charge in [0, 0.05) is 39.2 Å². The standard InChI is InChI=1S/C23H27F3N4O3S/c1-4-5-14-30-20-11-10-18(34(32,33)29(2)3)15-19(20)28-21(30)12-13-22(31)27-17-8-6-16(7-9-17)23(24,25)26/h6-11,15H,4-5,12-14H2,1-3H3,(H,27,31). The summed E-state index contributed by atoms with van der Waals surface area (Å²) < 4.78 is 66.2. The van der Waals surface area contributed by atoms with Gasteiger partial charge in [-0.25, -0.2) is 17.7 Å². The van der Waals surface area contributed by atoms with Crippen molar-refractivity contribution >= 4 is 32.7 Å².